The summed E-state index contributed by atoms with van der Waals surface area (Å²) in [4.78, 5) is 14.5. The van der Waals surface area contributed by atoms with Gasteiger partial charge < -0.3 is 0 Å². The second-order valence-electron chi connectivity index (χ2n) is 4.12. The van der Waals surface area contributed by atoms with Crippen molar-refractivity contribution in [2.75, 3.05) is 0 Å². The number of hydrogen-bond acceptors (Lipinski definition) is 4. The van der Waals surface area contributed by atoms with Gasteiger partial charge in [-0.1, -0.05) is 18.2 Å². The molecule has 3 rings (SSSR count). The van der Waals surface area contributed by atoms with Crippen LogP contribution in [-0.4, -0.2) is 20.8 Å². The van der Waals surface area contributed by atoms with Crippen LogP contribution in [0.2, 0.25) is 0 Å². The second kappa shape index (κ2) is 4.78. The van der Waals surface area contributed by atoms with Gasteiger partial charge in [0.05, 0.1) is 16.8 Å². The zero-order valence-corrected chi connectivity index (χ0v) is 11.1. The number of ketones is 1. The molecule has 0 unspecified atom stereocenters. The highest BCUT2D eigenvalue weighted by Gasteiger charge is 2.16. The van der Waals surface area contributed by atoms with Crippen LogP contribution in [0.15, 0.2) is 48.0 Å². The molecule has 19 heavy (non-hydrogen) atoms. The molecule has 0 atom stereocenters. The Kier molecular flexibility index (Phi) is 2.97. The number of benzene rings is 1. The topological polar surface area (TPSA) is 47.8 Å². The van der Waals surface area contributed by atoms with Gasteiger partial charge in [0, 0.05) is 0 Å². The molecule has 0 aliphatic rings. The Balaban J connectivity index is 1.94. The number of hydrogen-bond donors (Lipinski definition) is 0. The van der Waals surface area contributed by atoms with Crippen LogP contribution in [0.4, 0.5) is 0 Å². The molecule has 0 bridgehead atoms. The van der Waals surface area contributed by atoms with E-state index in [2.05, 4.69) is 10.2 Å². The molecule has 4 nitrogen and oxygen atoms in total. The van der Waals surface area contributed by atoms with E-state index in [1.807, 2.05) is 48.7 Å². The fourth-order valence-corrected chi connectivity index (χ4v) is 2.65. The lowest BCUT2D eigenvalue weighted by Gasteiger charge is -1.97. The number of carbonyl (C=O) groups is 1. The number of thiophene rings is 1. The SMILES string of the molecule is Cc1ccsc1C(=O)c1cnn(-c2ccccc2)n1. The number of aryl methyl sites for hydroxylation is 1. The van der Waals surface area contributed by atoms with Gasteiger partial charge in [0.1, 0.15) is 0 Å². The minimum atomic E-state index is -0.0744. The molecule has 0 amide bonds. The minimum absolute atomic E-state index is 0.0744. The fraction of sp³-hybridized carbons (Fsp3) is 0.0714. The summed E-state index contributed by atoms with van der Waals surface area (Å²) >= 11 is 1.43. The lowest BCUT2D eigenvalue weighted by atomic mass is 10.2. The van der Waals surface area contributed by atoms with Crippen molar-refractivity contribution >= 4 is 17.1 Å². The van der Waals surface area contributed by atoms with Gasteiger partial charge in [-0.2, -0.15) is 9.90 Å². The standard InChI is InChI=1S/C14H11N3OS/c1-10-7-8-19-14(10)13(18)12-9-15-17(16-12)11-5-3-2-4-6-11/h2-9H,1H3. The van der Waals surface area contributed by atoms with Gasteiger partial charge in [-0.25, -0.2) is 0 Å². The lowest BCUT2D eigenvalue weighted by Crippen LogP contribution is -2.04. The van der Waals surface area contributed by atoms with Crippen molar-refractivity contribution in [3.05, 3.63) is 64.1 Å². The molecule has 0 aliphatic carbocycles. The molecule has 0 radical (unpaired) electrons. The number of nitrogens with zero attached hydrogens (tertiary/aromatic N) is 3. The molecule has 2 heterocycles. The highest BCUT2D eigenvalue weighted by molar-refractivity contribution is 7.12. The van der Waals surface area contributed by atoms with E-state index in [1.54, 1.807) is 0 Å². The van der Waals surface area contributed by atoms with Gasteiger partial charge >= 0.3 is 0 Å². The first-order valence-electron chi connectivity index (χ1n) is 5.82. The highest BCUT2D eigenvalue weighted by Crippen LogP contribution is 2.19. The molecule has 0 spiro atoms. The zero-order valence-electron chi connectivity index (χ0n) is 10.3. The normalized spacial score (nSPS) is 10.6. The first-order valence-corrected chi connectivity index (χ1v) is 6.70. The van der Waals surface area contributed by atoms with Crippen molar-refractivity contribution in [1.29, 1.82) is 0 Å². The average molecular weight is 269 g/mol. The highest BCUT2D eigenvalue weighted by atomic mass is 32.1. The molecule has 3 aromatic rings. The van der Waals surface area contributed by atoms with Crippen molar-refractivity contribution in [2.24, 2.45) is 0 Å². The van der Waals surface area contributed by atoms with Crippen molar-refractivity contribution in [1.82, 2.24) is 15.0 Å². The van der Waals surface area contributed by atoms with Gasteiger partial charge in [-0.3, -0.25) is 4.79 Å². The smallest absolute Gasteiger partial charge is 0.225 e. The molecule has 0 aliphatic heterocycles. The molecular formula is C14H11N3OS. The van der Waals surface area contributed by atoms with Crippen molar-refractivity contribution in [3.63, 3.8) is 0 Å². The molecule has 0 fully saturated rings. The third-order valence-corrected chi connectivity index (χ3v) is 3.80. The van der Waals surface area contributed by atoms with Crippen LogP contribution < -0.4 is 0 Å². The number of aromatic nitrogens is 3. The summed E-state index contributed by atoms with van der Waals surface area (Å²) in [6.45, 7) is 1.92. The Hall–Kier alpha value is -2.27. The van der Waals surface area contributed by atoms with Crippen LogP contribution in [-0.2, 0) is 0 Å². The summed E-state index contributed by atoms with van der Waals surface area (Å²) in [5.41, 5.74) is 2.18. The summed E-state index contributed by atoms with van der Waals surface area (Å²) in [6.07, 6.45) is 1.51. The maximum atomic E-state index is 12.3. The Bertz CT molecular complexity index is 715. The van der Waals surface area contributed by atoms with Gasteiger partial charge in [0.15, 0.2) is 5.69 Å². The molecular weight excluding hydrogens is 258 g/mol. The second-order valence-corrected chi connectivity index (χ2v) is 5.03. The Morgan fingerprint density at radius 3 is 2.68 bits per heavy atom. The van der Waals surface area contributed by atoms with Crippen molar-refractivity contribution < 1.29 is 4.79 Å². The molecule has 0 saturated heterocycles. The minimum Gasteiger partial charge on any atom is -0.286 e. The predicted octanol–water partition coefficient (Wildman–Crippen LogP) is 2.87. The van der Waals surface area contributed by atoms with Crippen LogP contribution in [0.1, 0.15) is 20.9 Å². The summed E-state index contributed by atoms with van der Waals surface area (Å²) < 4.78 is 0. The Morgan fingerprint density at radius 1 is 1.21 bits per heavy atom. The number of rotatable bonds is 3. The first kappa shape index (κ1) is 11.8. The molecule has 94 valence electrons. The molecule has 5 heteroatoms. The molecule has 0 N–H and O–H groups in total. The quantitative estimate of drug-likeness (QED) is 0.687. The maximum Gasteiger partial charge on any atom is 0.225 e. The zero-order chi connectivity index (χ0) is 13.2. The maximum absolute atomic E-state index is 12.3. The van der Waals surface area contributed by atoms with Crippen molar-refractivity contribution in [2.45, 2.75) is 6.92 Å². The van der Waals surface area contributed by atoms with E-state index in [0.717, 1.165) is 16.1 Å². The van der Waals surface area contributed by atoms with E-state index in [0.29, 0.717) is 5.69 Å². The van der Waals surface area contributed by atoms with E-state index in [4.69, 9.17) is 0 Å². The van der Waals surface area contributed by atoms with Crippen LogP contribution in [0.5, 0.6) is 0 Å². The van der Waals surface area contributed by atoms with Gasteiger partial charge in [-0.05, 0) is 36.1 Å². The van der Waals surface area contributed by atoms with Gasteiger partial charge in [0.25, 0.3) is 0 Å². The third kappa shape index (κ3) is 2.20. The lowest BCUT2D eigenvalue weighted by molar-refractivity contribution is 0.103. The van der Waals surface area contributed by atoms with Gasteiger partial charge in [-0.15, -0.1) is 16.4 Å². The van der Waals surface area contributed by atoms with Gasteiger partial charge in [0.2, 0.25) is 5.78 Å². The third-order valence-electron chi connectivity index (χ3n) is 2.78. The number of carbonyl (C=O) groups excluding carboxylic acids is 1. The van der Waals surface area contributed by atoms with Crippen LogP contribution in [0.3, 0.4) is 0 Å². The summed E-state index contributed by atoms with van der Waals surface area (Å²) in [5, 5.41) is 10.3. The Morgan fingerprint density at radius 2 is 2.00 bits per heavy atom. The predicted molar refractivity (Wildman–Crippen MR) is 73.8 cm³/mol. The van der Waals surface area contributed by atoms with E-state index >= 15 is 0 Å². The van der Waals surface area contributed by atoms with Crippen LogP contribution in [0.25, 0.3) is 5.69 Å². The summed E-state index contributed by atoms with van der Waals surface area (Å²) in [5.74, 6) is -0.0744. The fourth-order valence-electron chi connectivity index (χ4n) is 1.77. The summed E-state index contributed by atoms with van der Waals surface area (Å²) in [6, 6.07) is 11.5. The average Bonchev–Trinajstić information content (AvgIpc) is 3.08. The largest absolute Gasteiger partial charge is 0.286 e. The van der Waals surface area contributed by atoms with E-state index in [9.17, 15) is 4.79 Å². The number of para-hydroxylation sites is 1. The monoisotopic (exact) mass is 269 g/mol. The van der Waals surface area contributed by atoms with E-state index in [-0.39, 0.29) is 5.78 Å². The first-order chi connectivity index (χ1) is 9.25. The molecule has 1 aromatic carbocycles. The molecule has 2 aromatic heterocycles. The Labute approximate surface area is 114 Å². The summed E-state index contributed by atoms with van der Waals surface area (Å²) in [7, 11) is 0. The van der Waals surface area contributed by atoms with E-state index < -0.39 is 0 Å². The van der Waals surface area contributed by atoms with E-state index in [1.165, 1.54) is 22.3 Å². The molecule has 0 saturated carbocycles. The van der Waals surface area contributed by atoms with Crippen LogP contribution in [0, 0.1) is 6.92 Å². The van der Waals surface area contributed by atoms with Crippen molar-refractivity contribution in [3.8, 4) is 5.69 Å². The van der Waals surface area contributed by atoms with Crippen LogP contribution >= 0.6 is 11.3 Å².